The van der Waals surface area contributed by atoms with E-state index in [1.807, 2.05) is 58.1 Å². The molecule has 0 aliphatic carbocycles. The highest BCUT2D eigenvalue weighted by Crippen LogP contribution is 2.34. The molecule has 1 saturated heterocycles. The zero-order chi connectivity index (χ0) is 18.9. The van der Waals surface area contributed by atoms with Crippen LogP contribution in [0.2, 0.25) is 0 Å². The van der Waals surface area contributed by atoms with Gasteiger partial charge in [-0.05, 0) is 12.0 Å². The maximum atomic E-state index is 12.7. The van der Waals surface area contributed by atoms with Crippen LogP contribution < -0.4 is 0 Å². The van der Waals surface area contributed by atoms with Crippen LogP contribution in [0.1, 0.15) is 23.7 Å². The first kappa shape index (κ1) is 17.1. The fraction of sp³-hybridized carbons (Fsp3) is 0.318. The van der Waals surface area contributed by atoms with Crippen LogP contribution in [0.25, 0.3) is 11.3 Å². The number of carbonyl (C=O) groups is 1. The van der Waals surface area contributed by atoms with E-state index in [9.17, 15) is 4.79 Å². The second-order valence-electron chi connectivity index (χ2n) is 7.40. The summed E-state index contributed by atoms with van der Waals surface area (Å²) in [7, 11) is 0. The van der Waals surface area contributed by atoms with Gasteiger partial charge in [-0.15, -0.1) is 5.10 Å². The fourth-order valence-corrected chi connectivity index (χ4v) is 4.13. The number of fused-ring (bicyclic) bond motifs is 3. The summed E-state index contributed by atoms with van der Waals surface area (Å²) in [5.74, 6) is 0.173. The first-order chi connectivity index (χ1) is 13.8. The number of benzene rings is 2. The van der Waals surface area contributed by atoms with Crippen molar-refractivity contribution in [2.75, 3.05) is 13.1 Å². The molecule has 0 spiro atoms. The lowest BCUT2D eigenvalue weighted by Crippen LogP contribution is -2.32. The topological polar surface area (TPSA) is 60.3 Å². The fourth-order valence-electron chi connectivity index (χ4n) is 4.13. The van der Waals surface area contributed by atoms with Crippen molar-refractivity contribution in [3.8, 4) is 11.3 Å². The van der Waals surface area contributed by atoms with Crippen molar-refractivity contribution in [1.82, 2.24) is 19.9 Å². The van der Waals surface area contributed by atoms with Crippen molar-refractivity contribution in [3.63, 3.8) is 0 Å². The Bertz CT molecular complexity index is 971. The smallest absolute Gasteiger partial charge is 0.223 e. The zero-order valence-electron chi connectivity index (χ0n) is 15.6. The second-order valence-corrected chi connectivity index (χ2v) is 7.40. The van der Waals surface area contributed by atoms with Gasteiger partial charge in [0.25, 0.3) is 0 Å². The molecular formula is C22H22N4O2. The van der Waals surface area contributed by atoms with E-state index in [2.05, 4.69) is 22.4 Å². The maximum absolute atomic E-state index is 12.7. The highest BCUT2D eigenvalue weighted by Gasteiger charge is 2.42. The average molecular weight is 374 g/mol. The number of hydrogen-bond donors (Lipinski definition) is 0. The Hall–Kier alpha value is -2.99. The maximum Gasteiger partial charge on any atom is 0.223 e. The van der Waals surface area contributed by atoms with Gasteiger partial charge < -0.3 is 9.64 Å². The Kier molecular flexibility index (Phi) is 4.41. The Labute approximate surface area is 163 Å². The summed E-state index contributed by atoms with van der Waals surface area (Å²) >= 11 is 0. The van der Waals surface area contributed by atoms with E-state index in [4.69, 9.17) is 4.74 Å². The molecule has 142 valence electrons. The number of aryl methyl sites for hydroxylation is 1. The van der Waals surface area contributed by atoms with Crippen molar-refractivity contribution in [2.45, 2.75) is 31.6 Å². The van der Waals surface area contributed by atoms with E-state index in [1.165, 1.54) is 5.56 Å². The molecule has 3 heterocycles. The molecule has 0 saturated carbocycles. The second kappa shape index (κ2) is 7.20. The van der Waals surface area contributed by atoms with Crippen LogP contribution in [0.4, 0.5) is 0 Å². The quantitative estimate of drug-likeness (QED) is 0.705. The standard InChI is InChI=1S/C22H22N4O2/c27-21(12-11-16-7-3-1-4-8-16)25-13-18-20(14-25)28-15-19-22(23-24-26(18)19)17-9-5-2-6-10-17/h1-10,18,20H,11-15H2/t18-,20-/m0/s1. The molecule has 5 rings (SSSR count). The molecule has 0 radical (unpaired) electrons. The van der Waals surface area contributed by atoms with Gasteiger partial charge in [0, 0.05) is 25.1 Å². The molecule has 1 fully saturated rings. The third-order valence-corrected chi connectivity index (χ3v) is 5.65. The van der Waals surface area contributed by atoms with Crippen LogP contribution in [0.5, 0.6) is 0 Å². The predicted molar refractivity (Wildman–Crippen MR) is 104 cm³/mol. The summed E-state index contributed by atoms with van der Waals surface area (Å²) in [5, 5.41) is 8.82. The molecule has 2 aliphatic heterocycles. The number of nitrogens with zero attached hydrogens (tertiary/aromatic N) is 4. The van der Waals surface area contributed by atoms with Crippen LogP contribution >= 0.6 is 0 Å². The van der Waals surface area contributed by atoms with Gasteiger partial charge in [-0.1, -0.05) is 65.9 Å². The van der Waals surface area contributed by atoms with E-state index in [0.29, 0.717) is 26.1 Å². The van der Waals surface area contributed by atoms with Gasteiger partial charge in [-0.3, -0.25) is 4.79 Å². The van der Waals surface area contributed by atoms with Crippen LogP contribution in [-0.4, -0.2) is 45.0 Å². The van der Waals surface area contributed by atoms with Crippen molar-refractivity contribution < 1.29 is 9.53 Å². The number of rotatable bonds is 4. The minimum absolute atomic E-state index is 0.0153. The molecular weight excluding hydrogens is 352 g/mol. The highest BCUT2D eigenvalue weighted by atomic mass is 16.5. The Morgan fingerprint density at radius 2 is 1.79 bits per heavy atom. The van der Waals surface area contributed by atoms with E-state index < -0.39 is 0 Å². The van der Waals surface area contributed by atoms with E-state index in [1.54, 1.807) is 0 Å². The molecule has 0 N–H and O–H groups in total. The highest BCUT2D eigenvalue weighted by molar-refractivity contribution is 5.77. The molecule has 2 atom stereocenters. The lowest BCUT2D eigenvalue weighted by molar-refractivity contribution is -0.130. The summed E-state index contributed by atoms with van der Waals surface area (Å²) < 4.78 is 8.07. The monoisotopic (exact) mass is 374 g/mol. The molecule has 1 aromatic heterocycles. The molecule has 1 amide bonds. The van der Waals surface area contributed by atoms with Crippen LogP contribution in [-0.2, 0) is 22.6 Å². The molecule has 6 nitrogen and oxygen atoms in total. The Morgan fingerprint density at radius 3 is 2.57 bits per heavy atom. The summed E-state index contributed by atoms with van der Waals surface area (Å²) in [5.41, 5.74) is 4.09. The molecule has 6 heteroatoms. The van der Waals surface area contributed by atoms with Gasteiger partial charge in [0.2, 0.25) is 5.91 Å². The number of likely N-dealkylation sites (tertiary alicyclic amines) is 1. The number of carbonyl (C=O) groups excluding carboxylic acids is 1. The number of hydrogen-bond acceptors (Lipinski definition) is 4. The van der Waals surface area contributed by atoms with Crippen molar-refractivity contribution in [3.05, 3.63) is 71.9 Å². The minimum atomic E-state index is -0.0153. The summed E-state index contributed by atoms with van der Waals surface area (Å²) in [4.78, 5) is 14.6. The van der Waals surface area contributed by atoms with Gasteiger partial charge in [0.15, 0.2) is 0 Å². The molecule has 3 aromatic rings. The lowest BCUT2D eigenvalue weighted by atomic mass is 10.1. The minimum Gasteiger partial charge on any atom is -0.368 e. The van der Waals surface area contributed by atoms with E-state index in [0.717, 1.165) is 23.4 Å². The SMILES string of the molecule is O=C(CCc1ccccc1)N1C[C@@H]2OCc3c(-c4ccccc4)nnn3[C@H]2C1. The number of amides is 1. The van der Waals surface area contributed by atoms with E-state index in [-0.39, 0.29) is 18.1 Å². The molecule has 28 heavy (non-hydrogen) atoms. The largest absolute Gasteiger partial charge is 0.368 e. The Morgan fingerprint density at radius 1 is 1.04 bits per heavy atom. The van der Waals surface area contributed by atoms with Crippen LogP contribution in [0.15, 0.2) is 60.7 Å². The first-order valence-electron chi connectivity index (χ1n) is 9.72. The van der Waals surface area contributed by atoms with Crippen LogP contribution in [0.3, 0.4) is 0 Å². The first-order valence-corrected chi connectivity index (χ1v) is 9.72. The average Bonchev–Trinajstić information content (AvgIpc) is 3.37. The van der Waals surface area contributed by atoms with Crippen molar-refractivity contribution in [1.29, 1.82) is 0 Å². The summed E-state index contributed by atoms with van der Waals surface area (Å²) in [6.07, 6.45) is 1.26. The third kappa shape index (κ3) is 3.10. The summed E-state index contributed by atoms with van der Waals surface area (Å²) in [6, 6.07) is 20.2. The van der Waals surface area contributed by atoms with E-state index >= 15 is 0 Å². The molecule has 0 bridgehead atoms. The third-order valence-electron chi connectivity index (χ3n) is 5.65. The van der Waals surface area contributed by atoms with Gasteiger partial charge in [-0.2, -0.15) is 0 Å². The van der Waals surface area contributed by atoms with Crippen molar-refractivity contribution >= 4 is 5.91 Å². The lowest BCUT2D eigenvalue weighted by Gasteiger charge is -2.26. The normalized spacial score (nSPS) is 20.6. The van der Waals surface area contributed by atoms with Gasteiger partial charge in [-0.25, -0.2) is 4.68 Å². The Balaban J connectivity index is 1.30. The van der Waals surface area contributed by atoms with Gasteiger partial charge >= 0.3 is 0 Å². The molecule has 0 unspecified atom stereocenters. The van der Waals surface area contributed by atoms with Crippen LogP contribution in [0, 0.1) is 0 Å². The predicted octanol–water partition coefficient (Wildman–Crippen LogP) is 2.86. The number of ether oxygens (including phenoxy) is 1. The zero-order valence-corrected chi connectivity index (χ0v) is 15.6. The van der Waals surface area contributed by atoms with Crippen molar-refractivity contribution in [2.24, 2.45) is 0 Å². The van der Waals surface area contributed by atoms with Gasteiger partial charge in [0.1, 0.15) is 5.69 Å². The number of aromatic nitrogens is 3. The molecule has 2 aromatic carbocycles. The van der Waals surface area contributed by atoms with Gasteiger partial charge in [0.05, 0.1) is 24.4 Å². The molecule has 2 aliphatic rings. The summed E-state index contributed by atoms with van der Waals surface area (Å²) in [6.45, 7) is 1.73.